The van der Waals surface area contributed by atoms with E-state index in [9.17, 15) is 4.79 Å². The number of ketones is 1. The Morgan fingerprint density at radius 2 is 1.87 bits per heavy atom. The van der Waals surface area contributed by atoms with E-state index in [-0.39, 0.29) is 11.7 Å². The maximum Gasteiger partial charge on any atom is 0.231 e. The lowest BCUT2D eigenvalue weighted by Gasteiger charge is -2.09. The Hall–Kier alpha value is -3.45. The van der Waals surface area contributed by atoms with Gasteiger partial charge in [-0.2, -0.15) is 0 Å². The number of hydrogen-bond acceptors (Lipinski definition) is 5. The monoisotopic (exact) mass is 419 g/mol. The molecule has 1 aromatic heterocycles. The molecule has 162 valence electrons. The van der Waals surface area contributed by atoms with Crippen LogP contribution in [-0.4, -0.2) is 49.0 Å². The molecular weight excluding hydrogens is 390 g/mol. The second-order valence-corrected chi connectivity index (χ2v) is 7.81. The number of nitrogens with zero attached hydrogens (tertiary/aromatic N) is 3. The summed E-state index contributed by atoms with van der Waals surface area (Å²) >= 11 is 0. The number of benzene rings is 2. The molecule has 0 saturated heterocycles. The Labute approximate surface area is 183 Å². The number of anilines is 1. The van der Waals surface area contributed by atoms with Gasteiger partial charge in [0.05, 0.1) is 12.2 Å². The van der Waals surface area contributed by atoms with Crippen LogP contribution in [0.4, 0.5) is 5.88 Å². The molecular formula is C24H29N5O2. The molecule has 0 spiro atoms. The van der Waals surface area contributed by atoms with Gasteiger partial charge in [0.15, 0.2) is 11.7 Å². The van der Waals surface area contributed by atoms with E-state index in [1.54, 1.807) is 0 Å². The summed E-state index contributed by atoms with van der Waals surface area (Å²) in [5.41, 5.74) is 9.14. The number of hydrogen-bond donors (Lipinski definition) is 2. The first kappa shape index (κ1) is 22.2. The van der Waals surface area contributed by atoms with E-state index in [2.05, 4.69) is 22.4 Å². The number of aliphatic imine (C=N–C) groups is 1. The molecule has 3 N–H and O–H groups in total. The smallest absolute Gasteiger partial charge is 0.231 e. The zero-order chi connectivity index (χ0) is 22.2. The summed E-state index contributed by atoms with van der Waals surface area (Å²) in [6.07, 6.45) is 0.730. The Morgan fingerprint density at radius 3 is 2.61 bits per heavy atom. The van der Waals surface area contributed by atoms with Gasteiger partial charge >= 0.3 is 0 Å². The van der Waals surface area contributed by atoms with Gasteiger partial charge in [-0.05, 0) is 32.1 Å². The Morgan fingerprint density at radius 1 is 1.13 bits per heavy atom. The predicted molar refractivity (Wildman–Crippen MR) is 124 cm³/mol. The summed E-state index contributed by atoms with van der Waals surface area (Å²) in [6.45, 7) is 3.48. The van der Waals surface area contributed by atoms with Crippen LogP contribution < -0.4 is 11.1 Å². The molecule has 0 saturated carbocycles. The molecule has 0 fully saturated rings. The number of rotatable bonds is 9. The van der Waals surface area contributed by atoms with Crippen LogP contribution in [0.2, 0.25) is 0 Å². The van der Waals surface area contributed by atoms with Gasteiger partial charge in [0.25, 0.3) is 0 Å². The molecule has 1 unspecified atom stereocenters. The first-order valence-electron chi connectivity index (χ1n) is 10.3. The normalized spacial score (nSPS) is 12.7. The molecule has 1 atom stereocenters. The van der Waals surface area contributed by atoms with Gasteiger partial charge in [-0.3, -0.25) is 15.1 Å². The average molecular weight is 420 g/mol. The Kier molecular flexibility index (Phi) is 7.56. The molecule has 3 rings (SSSR count). The molecule has 3 aromatic rings. The first-order chi connectivity index (χ1) is 14.9. The van der Waals surface area contributed by atoms with Crippen LogP contribution in [0, 0.1) is 0 Å². The lowest BCUT2D eigenvalue weighted by atomic mass is 9.95. The lowest BCUT2D eigenvalue weighted by Crippen LogP contribution is -2.24. The number of nitrogens with one attached hydrogen (secondary N) is 1. The summed E-state index contributed by atoms with van der Waals surface area (Å²) in [5.74, 6) is 0.880. The van der Waals surface area contributed by atoms with E-state index in [0.717, 1.165) is 24.2 Å². The number of aromatic nitrogens is 1. The average Bonchev–Trinajstić information content (AvgIpc) is 3.22. The number of likely N-dealkylation sites (N-methyl/N-ethyl adjacent to an activating group) is 1. The Balaban J connectivity index is 1.62. The van der Waals surface area contributed by atoms with E-state index >= 15 is 0 Å². The predicted octanol–water partition coefficient (Wildman–Crippen LogP) is 3.54. The van der Waals surface area contributed by atoms with E-state index in [4.69, 9.17) is 10.3 Å². The topological polar surface area (TPSA) is 96.8 Å². The molecule has 0 aliphatic carbocycles. The zero-order valence-electron chi connectivity index (χ0n) is 18.2. The van der Waals surface area contributed by atoms with E-state index in [1.165, 1.54) is 0 Å². The van der Waals surface area contributed by atoms with Crippen molar-refractivity contribution >= 4 is 17.6 Å². The van der Waals surface area contributed by atoms with Crippen molar-refractivity contribution < 1.29 is 9.32 Å². The fourth-order valence-corrected chi connectivity index (χ4v) is 3.17. The minimum atomic E-state index is 0.0204. The molecule has 0 bridgehead atoms. The summed E-state index contributed by atoms with van der Waals surface area (Å²) in [7, 11) is 3.97. The van der Waals surface area contributed by atoms with Gasteiger partial charge < -0.3 is 15.2 Å². The van der Waals surface area contributed by atoms with Crippen LogP contribution in [0.3, 0.4) is 0 Å². The highest BCUT2D eigenvalue weighted by Crippen LogP contribution is 2.23. The maximum atomic E-state index is 12.7. The van der Waals surface area contributed by atoms with Crippen molar-refractivity contribution in [2.24, 2.45) is 10.7 Å². The van der Waals surface area contributed by atoms with Gasteiger partial charge in [-0.15, -0.1) is 0 Å². The Bertz CT molecular complexity index is 1030. The van der Waals surface area contributed by atoms with Gasteiger partial charge in [0.1, 0.15) is 0 Å². The first-order valence-corrected chi connectivity index (χ1v) is 10.3. The highest BCUT2D eigenvalue weighted by Gasteiger charge is 2.15. The van der Waals surface area contributed by atoms with Crippen LogP contribution in [0.1, 0.15) is 40.0 Å². The van der Waals surface area contributed by atoms with Crippen LogP contribution in [0.25, 0.3) is 0 Å². The van der Waals surface area contributed by atoms with Crippen molar-refractivity contribution in [3.63, 3.8) is 0 Å². The molecule has 0 aliphatic rings. The largest absolute Gasteiger partial charge is 0.370 e. The quantitative estimate of drug-likeness (QED) is 0.313. The number of carbonyl (C=O) groups excluding carboxylic acids is 1. The highest BCUT2D eigenvalue weighted by molar-refractivity contribution is 6.09. The van der Waals surface area contributed by atoms with E-state index in [1.807, 2.05) is 79.7 Å². The van der Waals surface area contributed by atoms with Crippen LogP contribution >= 0.6 is 0 Å². The third-order valence-electron chi connectivity index (χ3n) is 4.88. The van der Waals surface area contributed by atoms with Crippen molar-refractivity contribution in [1.82, 2.24) is 10.1 Å². The standard InChI is InChI=1S/C24H29N5O2/c1-17(21-16-22(31-28-21)27-24(25)26-12-13-29(2)3)14-18-8-7-11-20(15-18)23(30)19-9-5-4-6-10-19/h4-11,15-17H,12-14H2,1-3H3,(H3,25,26,27). The number of nitrogens with two attached hydrogens (primary N) is 1. The van der Waals surface area contributed by atoms with Gasteiger partial charge in [-0.1, -0.05) is 60.6 Å². The van der Waals surface area contributed by atoms with Crippen molar-refractivity contribution in [3.05, 3.63) is 83.0 Å². The third kappa shape index (κ3) is 6.52. The molecule has 2 aromatic carbocycles. The van der Waals surface area contributed by atoms with E-state index < -0.39 is 0 Å². The third-order valence-corrected chi connectivity index (χ3v) is 4.88. The summed E-state index contributed by atoms with van der Waals surface area (Å²) < 4.78 is 5.35. The minimum Gasteiger partial charge on any atom is -0.370 e. The van der Waals surface area contributed by atoms with Crippen molar-refractivity contribution in [1.29, 1.82) is 0 Å². The lowest BCUT2D eigenvalue weighted by molar-refractivity contribution is 0.103. The van der Waals surface area contributed by atoms with Gasteiger partial charge in [0.2, 0.25) is 5.88 Å². The molecule has 0 amide bonds. The molecule has 0 aliphatic heterocycles. The van der Waals surface area contributed by atoms with Crippen molar-refractivity contribution in [2.45, 2.75) is 19.3 Å². The molecule has 7 heteroatoms. The molecule has 7 nitrogen and oxygen atoms in total. The summed E-state index contributed by atoms with van der Waals surface area (Å²) in [5, 5.41) is 7.09. The fraction of sp³-hybridized carbons (Fsp3) is 0.292. The number of guanidine groups is 1. The van der Waals surface area contributed by atoms with Gasteiger partial charge in [-0.25, -0.2) is 0 Å². The summed E-state index contributed by atoms with van der Waals surface area (Å²) in [6, 6.07) is 18.9. The second kappa shape index (κ2) is 10.5. The highest BCUT2D eigenvalue weighted by atomic mass is 16.5. The van der Waals surface area contributed by atoms with Crippen LogP contribution in [0.5, 0.6) is 0 Å². The molecule has 1 heterocycles. The second-order valence-electron chi connectivity index (χ2n) is 7.81. The zero-order valence-corrected chi connectivity index (χ0v) is 18.2. The SMILES string of the molecule is CC(Cc1cccc(C(=O)c2ccccc2)c1)c1cc(NC(N)=NCCN(C)C)on1. The van der Waals surface area contributed by atoms with Crippen molar-refractivity contribution in [2.75, 3.05) is 32.5 Å². The van der Waals surface area contributed by atoms with Gasteiger partial charge in [0, 0.05) is 29.7 Å². The minimum absolute atomic E-state index is 0.0204. The summed E-state index contributed by atoms with van der Waals surface area (Å²) in [4.78, 5) is 19.0. The van der Waals surface area contributed by atoms with Crippen LogP contribution in [-0.2, 0) is 6.42 Å². The fourth-order valence-electron chi connectivity index (χ4n) is 3.17. The van der Waals surface area contributed by atoms with Crippen LogP contribution in [0.15, 0.2) is 70.2 Å². The maximum absolute atomic E-state index is 12.7. The number of carbonyl (C=O) groups is 1. The van der Waals surface area contributed by atoms with Crippen molar-refractivity contribution in [3.8, 4) is 0 Å². The molecule has 31 heavy (non-hydrogen) atoms. The molecule has 0 radical (unpaired) electrons. The van der Waals surface area contributed by atoms with E-state index in [0.29, 0.717) is 29.5 Å².